The third-order valence-corrected chi connectivity index (χ3v) is 9.08. The Kier molecular flexibility index (Phi) is 41.6. The van der Waals surface area contributed by atoms with E-state index in [0.717, 1.165) is 44.9 Å². The van der Waals surface area contributed by atoms with Crippen LogP contribution < -0.4 is 0 Å². The average molecular weight is 699 g/mol. The van der Waals surface area contributed by atoms with E-state index in [-0.39, 0.29) is 19.2 Å². The van der Waals surface area contributed by atoms with E-state index >= 15 is 0 Å². The van der Waals surface area contributed by atoms with Crippen LogP contribution in [0.4, 0.5) is 0 Å². The Hall–Kier alpha value is -1.91. The molecule has 0 aliphatic heterocycles. The summed E-state index contributed by atoms with van der Waals surface area (Å²) >= 11 is 0. The molecule has 1 atom stereocenters. The van der Waals surface area contributed by atoms with Crippen molar-refractivity contribution < 1.29 is 19.4 Å². The van der Waals surface area contributed by atoms with Gasteiger partial charge < -0.3 is 14.6 Å². The summed E-state index contributed by atoms with van der Waals surface area (Å²) in [6.45, 7) is 5.21. The molecule has 0 aromatic carbocycles. The summed E-state index contributed by atoms with van der Waals surface area (Å²) < 4.78 is 11.1. The van der Waals surface area contributed by atoms with Crippen molar-refractivity contribution in [2.75, 3.05) is 19.8 Å². The first-order valence-corrected chi connectivity index (χ1v) is 21.4. The van der Waals surface area contributed by atoms with Gasteiger partial charge in [0.2, 0.25) is 0 Å². The third kappa shape index (κ3) is 40.5. The summed E-state index contributed by atoms with van der Waals surface area (Å²) in [4.78, 5) is 12.2. The van der Waals surface area contributed by atoms with E-state index in [1.807, 2.05) is 0 Å². The molecule has 0 aromatic rings. The van der Waals surface area contributed by atoms with Crippen LogP contribution in [0.5, 0.6) is 0 Å². The van der Waals surface area contributed by atoms with Crippen LogP contribution in [0.1, 0.15) is 200 Å². The molecule has 0 bridgehead atoms. The molecular formula is C46H82O4. The highest BCUT2D eigenvalue weighted by Crippen LogP contribution is 2.13. The molecule has 4 nitrogen and oxygen atoms in total. The first-order valence-electron chi connectivity index (χ1n) is 21.4. The minimum absolute atomic E-state index is 0.177. The summed E-state index contributed by atoms with van der Waals surface area (Å²) in [5.41, 5.74) is 0. The highest BCUT2D eigenvalue weighted by atomic mass is 16.6. The molecule has 0 rings (SSSR count). The van der Waals surface area contributed by atoms with Gasteiger partial charge in [-0.1, -0.05) is 177 Å². The van der Waals surface area contributed by atoms with Crippen LogP contribution in [-0.2, 0) is 14.3 Å². The lowest BCUT2D eigenvalue weighted by Gasteiger charge is -2.15. The molecule has 0 aliphatic rings. The summed E-state index contributed by atoms with van der Waals surface area (Å²) in [6.07, 6.45) is 57.0. The predicted molar refractivity (Wildman–Crippen MR) is 219 cm³/mol. The zero-order valence-electron chi connectivity index (χ0n) is 33.2. The maximum Gasteiger partial charge on any atom is 0.306 e. The first kappa shape index (κ1) is 48.1. The molecule has 0 amide bonds. The Labute approximate surface area is 311 Å². The van der Waals surface area contributed by atoms with Crippen molar-refractivity contribution in [1.29, 1.82) is 0 Å². The summed E-state index contributed by atoms with van der Waals surface area (Å²) in [7, 11) is 0. The van der Waals surface area contributed by atoms with Crippen LogP contribution in [0.25, 0.3) is 0 Å². The zero-order chi connectivity index (χ0) is 36.3. The van der Waals surface area contributed by atoms with E-state index in [1.165, 1.54) is 135 Å². The molecule has 0 heterocycles. The predicted octanol–water partition coefficient (Wildman–Crippen LogP) is 14.0. The minimum atomic E-state index is -0.541. The van der Waals surface area contributed by atoms with Gasteiger partial charge in [0.25, 0.3) is 0 Å². The molecule has 0 saturated carbocycles. The first-order chi connectivity index (χ1) is 24.7. The standard InChI is InChI=1S/C46H82O4/c1-3-5-7-9-11-13-15-17-19-20-21-22-23-24-25-26-27-29-31-33-35-37-39-41-46(48)50-45(43-47)44-49-42-40-38-36-34-32-30-28-18-16-14-12-10-8-6-4-2/h5,7,11,13,16-19,21-22,45,47H,3-4,6,8-10,12,14-15,20,23-44H2,1-2H3/b7-5-,13-11-,18-16-,19-17-,22-21-. The third-order valence-electron chi connectivity index (χ3n) is 9.08. The second-order valence-corrected chi connectivity index (χ2v) is 14.0. The molecule has 0 aliphatic carbocycles. The van der Waals surface area contributed by atoms with E-state index in [1.54, 1.807) is 0 Å². The number of carbonyl (C=O) groups is 1. The molecule has 290 valence electrons. The number of hydrogen-bond donors (Lipinski definition) is 1. The van der Waals surface area contributed by atoms with Gasteiger partial charge in [-0.25, -0.2) is 0 Å². The fourth-order valence-electron chi connectivity index (χ4n) is 5.90. The fourth-order valence-corrected chi connectivity index (χ4v) is 5.90. The lowest BCUT2D eigenvalue weighted by Crippen LogP contribution is -2.27. The number of carbonyl (C=O) groups excluding carboxylic acids is 1. The molecule has 1 unspecified atom stereocenters. The second kappa shape index (κ2) is 43.3. The Bertz CT molecular complexity index is 824. The van der Waals surface area contributed by atoms with Gasteiger partial charge in [-0.05, 0) is 77.0 Å². The number of hydrogen-bond acceptors (Lipinski definition) is 4. The zero-order valence-corrected chi connectivity index (χ0v) is 33.2. The average Bonchev–Trinajstić information content (AvgIpc) is 3.12. The van der Waals surface area contributed by atoms with Gasteiger partial charge in [0.15, 0.2) is 0 Å². The van der Waals surface area contributed by atoms with Crippen LogP contribution in [0, 0.1) is 0 Å². The van der Waals surface area contributed by atoms with Gasteiger partial charge in [-0.2, -0.15) is 0 Å². The summed E-state index contributed by atoms with van der Waals surface area (Å²) in [5.74, 6) is -0.209. The van der Waals surface area contributed by atoms with Gasteiger partial charge in [0.1, 0.15) is 6.10 Å². The highest BCUT2D eigenvalue weighted by molar-refractivity contribution is 5.69. The van der Waals surface area contributed by atoms with Crippen molar-refractivity contribution in [3.05, 3.63) is 60.8 Å². The second-order valence-electron chi connectivity index (χ2n) is 14.0. The molecule has 0 radical (unpaired) electrons. The van der Waals surface area contributed by atoms with Crippen molar-refractivity contribution in [3.8, 4) is 0 Å². The maximum absolute atomic E-state index is 12.2. The fraction of sp³-hybridized carbons (Fsp3) is 0.761. The van der Waals surface area contributed by atoms with Gasteiger partial charge in [0, 0.05) is 13.0 Å². The molecular weight excluding hydrogens is 617 g/mol. The number of aliphatic hydroxyl groups is 1. The quantitative estimate of drug-likeness (QED) is 0.0394. The van der Waals surface area contributed by atoms with E-state index in [4.69, 9.17) is 9.47 Å². The monoisotopic (exact) mass is 699 g/mol. The Morgan fingerprint density at radius 2 is 0.900 bits per heavy atom. The van der Waals surface area contributed by atoms with E-state index in [9.17, 15) is 9.90 Å². The van der Waals surface area contributed by atoms with E-state index < -0.39 is 6.10 Å². The van der Waals surface area contributed by atoms with Crippen LogP contribution in [-0.4, -0.2) is 37.0 Å². The highest BCUT2D eigenvalue weighted by Gasteiger charge is 2.13. The van der Waals surface area contributed by atoms with Crippen LogP contribution >= 0.6 is 0 Å². The van der Waals surface area contributed by atoms with Gasteiger partial charge >= 0.3 is 5.97 Å². The smallest absolute Gasteiger partial charge is 0.306 e. The molecule has 1 N–H and O–H groups in total. The molecule has 0 spiro atoms. The SMILES string of the molecule is CC/C=C\C/C=C\C/C=C\C/C=C\CCCCCCCCCCCCC(=O)OC(CO)COCCCCCCCC/C=C\CCCCCCC. The van der Waals surface area contributed by atoms with E-state index in [2.05, 4.69) is 74.6 Å². The molecule has 50 heavy (non-hydrogen) atoms. The van der Waals surface area contributed by atoms with E-state index in [0.29, 0.717) is 13.0 Å². The number of allylic oxidation sites excluding steroid dienone is 10. The molecule has 4 heteroatoms. The van der Waals surface area contributed by atoms with Crippen molar-refractivity contribution in [3.63, 3.8) is 0 Å². The number of esters is 1. The number of rotatable bonds is 39. The lowest BCUT2D eigenvalue weighted by atomic mass is 10.0. The molecule has 0 aromatic heterocycles. The number of unbranched alkanes of at least 4 members (excludes halogenated alkanes) is 21. The van der Waals surface area contributed by atoms with Crippen LogP contribution in [0.3, 0.4) is 0 Å². The lowest BCUT2D eigenvalue weighted by molar-refractivity contribution is -0.154. The van der Waals surface area contributed by atoms with Crippen LogP contribution in [0.15, 0.2) is 60.8 Å². The van der Waals surface area contributed by atoms with Crippen LogP contribution in [0.2, 0.25) is 0 Å². The summed E-state index contributed by atoms with van der Waals surface area (Å²) in [6, 6.07) is 0. The van der Waals surface area contributed by atoms with Crippen molar-refractivity contribution >= 4 is 5.97 Å². The van der Waals surface area contributed by atoms with Crippen molar-refractivity contribution in [1.82, 2.24) is 0 Å². The van der Waals surface area contributed by atoms with Gasteiger partial charge in [0.05, 0.1) is 13.2 Å². The number of aliphatic hydroxyl groups excluding tert-OH is 1. The number of ether oxygens (including phenoxy) is 2. The minimum Gasteiger partial charge on any atom is -0.457 e. The molecule has 0 fully saturated rings. The Balaban J connectivity index is 3.46. The van der Waals surface area contributed by atoms with Crippen molar-refractivity contribution in [2.24, 2.45) is 0 Å². The Morgan fingerprint density at radius 3 is 1.38 bits per heavy atom. The largest absolute Gasteiger partial charge is 0.457 e. The Morgan fingerprint density at radius 1 is 0.500 bits per heavy atom. The van der Waals surface area contributed by atoms with Gasteiger partial charge in [-0.3, -0.25) is 4.79 Å². The maximum atomic E-state index is 12.2. The van der Waals surface area contributed by atoms with Gasteiger partial charge in [-0.15, -0.1) is 0 Å². The normalized spacial score (nSPS) is 12.9. The van der Waals surface area contributed by atoms with Crippen molar-refractivity contribution in [2.45, 2.75) is 206 Å². The topological polar surface area (TPSA) is 55.8 Å². The summed E-state index contributed by atoms with van der Waals surface area (Å²) in [5, 5.41) is 9.60. The molecule has 0 saturated heterocycles.